The highest BCUT2D eigenvalue weighted by Crippen LogP contribution is 2.14. The number of guanidine groups is 1. The zero-order valence-corrected chi connectivity index (χ0v) is 11.3. The van der Waals surface area contributed by atoms with Gasteiger partial charge in [-0.3, -0.25) is 4.99 Å². The fraction of sp³-hybridized carbons (Fsp3) is 0.417. The maximum absolute atomic E-state index is 5.95. The summed E-state index contributed by atoms with van der Waals surface area (Å²) >= 11 is 5.95. The van der Waals surface area contributed by atoms with E-state index in [1.807, 2.05) is 35.8 Å². The van der Waals surface area contributed by atoms with Crippen molar-refractivity contribution < 1.29 is 0 Å². The molecule has 0 aromatic carbocycles. The average Bonchev–Trinajstić information content (AvgIpc) is 2.58. The van der Waals surface area contributed by atoms with Crippen LogP contribution in [0.4, 0.5) is 0 Å². The van der Waals surface area contributed by atoms with E-state index in [9.17, 15) is 0 Å². The Bertz CT molecular complexity index is 409. The molecule has 0 saturated heterocycles. The van der Waals surface area contributed by atoms with E-state index in [-0.39, 0.29) is 0 Å². The topological polar surface area (TPSA) is 32.6 Å². The Morgan fingerprint density at radius 2 is 2.41 bits per heavy atom. The first kappa shape index (κ1) is 13.6. The lowest BCUT2D eigenvalue weighted by atomic mass is 10.4. The van der Waals surface area contributed by atoms with Gasteiger partial charge in [-0.2, -0.15) is 0 Å². The monoisotopic (exact) mass is 254 g/mol. The summed E-state index contributed by atoms with van der Waals surface area (Å²) < 4.78 is 2.01. The van der Waals surface area contributed by atoms with Gasteiger partial charge < -0.3 is 14.8 Å². The number of rotatable bonds is 4. The second-order valence-electron chi connectivity index (χ2n) is 3.83. The van der Waals surface area contributed by atoms with Crippen LogP contribution in [0, 0.1) is 0 Å². The molecule has 1 rings (SSSR count). The van der Waals surface area contributed by atoms with E-state index in [2.05, 4.69) is 16.9 Å². The lowest BCUT2D eigenvalue weighted by molar-refractivity contribution is 0.465. The summed E-state index contributed by atoms with van der Waals surface area (Å²) in [6, 6.07) is 1.96. The van der Waals surface area contributed by atoms with Crippen LogP contribution in [0.1, 0.15) is 5.69 Å². The van der Waals surface area contributed by atoms with Crippen LogP contribution < -0.4 is 5.32 Å². The Morgan fingerprint density at radius 1 is 1.71 bits per heavy atom. The molecule has 0 aliphatic heterocycles. The Balaban J connectivity index is 2.67. The lowest BCUT2D eigenvalue weighted by Crippen LogP contribution is -2.38. The van der Waals surface area contributed by atoms with Crippen LogP contribution >= 0.6 is 11.6 Å². The van der Waals surface area contributed by atoms with Crippen molar-refractivity contribution in [2.24, 2.45) is 12.0 Å². The van der Waals surface area contributed by atoms with Crippen LogP contribution in [0.5, 0.6) is 0 Å². The van der Waals surface area contributed by atoms with Crippen LogP contribution in [0.25, 0.3) is 0 Å². The molecule has 1 aromatic heterocycles. The first-order chi connectivity index (χ1) is 8.08. The van der Waals surface area contributed by atoms with Crippen LogP contribution in [0.2, 0.25) is 5.02 Å². The SMILES string of the molecule is C=CCNC(=NC)N(C)Cc1cc(Cl)cn1C. The van der Waals surface area contributed by atoms with Gasteiger partial charge in [-0.05, 0) is 6.07 Å². The number of halogens is 1. The normalized spacial score (nSPS) is 11.4. The molecular weight excluding hydrogens is 236 g/mol. The van der Waals surface area contributed by atoms with E-state index in [0.717, 1.165) is 23.2 Å². The maximum atomic E-state index is 5.95. The molecule has 0 saturated carbocycles. The van der Waals surface area contributed by atoms with E-state index >= 15 is 0 Å². The maximum Gasteiger partial charge on any atom is 0.193 e. The predicted octanol–water partition coefficient (Wildman–Crippen LogP) is 1.87. The molecule has 17 heavy (non-hydrogen) atoms. The molecule has 0 fully saturated rings. The molecule has 1 N–H and O–H groups in total. The third kappa shape index (κ3) is 3.82. The van der Waals surface area contributed by atoms with Crippen molar-refractivity contribution >= 4 is 17.6 Å². The number of hydrogen-bond donors (Lipinski definition) is 1. The quantitative estimate of drug-likeness (QED) is 0.506. The average molecular weight is 255 g/mol. The molecule has 0 amide bonds. The number of aryl methyl sites for hydroxylation is 1. The van der Waals surface area contributed by atoms with Crippen molar-refractivity contribution in [2.75, 3.05) is 20.6 Å². The predicted molar refractivity (Wildman–Crippen MR) is 73.4 cm³/mol. The van der Waals surface area contributed by atoms with Gasteiger partial charge >= 0.3 is 0 Å². The summed E-state index contributed by atoms with van der Waals surface area (Å²) in [6.07, 6.45) is 3.70. The molecule has 0 atom stereocenters. The molecule has 1 heterocycles. The highest BCUT2D eigenvalue weighted by Gasteiger charge is 2.08. The van der Waals surface area contributed by atoms with Gasteiger partial charge in [0.25, 0.3) is 0 Å². The van der Waals surface area contributed by atoms with E-state index in [4.69, 9.17) is 11.6 Å². The number of aliphatic imine (C=N–C) groups is 1. The van der Waals surface area contributed by atoms with Crippen LogP contribution in [0.15, 0.2) is 29.9 Å². The molecule has 94 valence electrons. The number of nitrogens with one attached hydrogen (secondary N) is 1. The highest BCUT2D eigenvalue weighted by atomic mass is 35.5. The third-order valence-electron chi connectivity index (χ3n) is 2.45. The third-order valence-corrected chi connectivity index (χ3v) is 2.66. The standard InChI is InChI=1S/C12H19ClN4/c1-5-6-15-12(14-2)17(4)9-11-7-10(13)8-16(11)3/h5,7-8H,1,6,9H2,2-4H3,(H,14,15). The van der Waals surface area contributed by atoms with Crippen molar-refractivity contribution in [3.8, 4) is 0 Å². The van der Waals surface area contributed by atoms with E-state index in [1.165, 1.54) is 0 Å². The van der Waals surface area contributed by atoms with Crippen molar-refractivity contribution in [3.63, 3.8) is 0 Å². The van der Waals surface area contributed by atoms with Gasteiger partial charge in [0.05, 0.1) is 11.6 Å². The van der Waals surface area contributed by atoms with Crippen LogP contribution in [-0.4, -0.2) is 36.1 Å². The van der Waals surface area contributed by atoms with Crippen molar-refractivity contribution in [1.29, 1.82) is 0 Å². The van der Waals surface area contributed by atoms with Crippen LogP contribution in [0.3, 0.4) is 0 Å². The lowest BCUT2D eigenvalue weighted by Gasteiger charge is -2.21. The van der Waals surface area contributed by atoms with Crippen LogP contribution in [-0.2, 0) is 13.6 Å². The minimum absolute atomic E-state index is 0.699. The van der Waals surface area contributed by atoms with Gasteiger partial charge in [0.1, 0.15) is 0 Å². The number of hydrogen-bond acceptors (Lipinski definition) is 1. The highest BCUT2D eigenvalue weighted by molar-refractivity contribution is 6.30. The fourth-order valence-electron chi connectivity index (χ4n) is 1.59. The molecule has 0 radical (unpaired) electrons. The summed E-state index contributed by atoms with van der Waals surface area (Å²) in [4.78, 5) is 6.24. The first-order valence-corrected chi connectivity index (χ1v) is 5.79. The van der Waals surface area contributed by atoms with Crippen molar-refractivity contribution in [1.82, 2.24) is 14.8 Å². The molecule has 0 bridgehead atoms. The van der Waals surface area contributed by atoms with E-state index < -0.39 is 0 Å². The zero-order valence-electron chi connectivity index (χ0n) is 10.6. The van der Waals surface area contributed by atoms with Gasteiger partial charge in [0, 0.05) is 39.6 Å². The Morgan fingerprint density at radius 3 is 2.88 bits per heavy atom. The molecule has 0 aliphatic carbocycles. The van der Waals surface area contributed by atoms with Gasteiger partial charge in [0.2, 0.25) is 0 Å². The van der Waals surface area contributed by atoms with Gasteiger partial charge in [-0.15, -0.1) is 6.58 Å². The first-order valence-electron chi connectivity index (χ1n) is 5.42. The molecule has 4 nitrogen and oxygen atoms in total. The molecule has 1 aromatic rings. The Labute approximate surface area is 108 Å². The molecule has 0 unspecified atom stereocenters. The zero-order chi connectivity index (χ0) is 12.8. The summed E-state index contributed by atoms with van der Waals surface area (Å²) in [5, 5.41) is 3.94. The molecule has 0 spiro atoms. The number of aromatic nitrogens is 1. The van der Waals surface area contributed by atoms with Gasteiger partial charge in [-0.25, -0.2) is 0 Å². The van der Waals surface area contributed by atoms with Gasteiger partial charge in [0.15, 0.2) is 5.96 Å². The van der Waals surface area contributed by atoms with Crippen molar-refractivity contribution in [2.45, 2.75) is 6.54 Å². The van der Waals surface area contributed by atoms with E-state index in [1.54, 1.807) is 13.1 Å². The summed E-state index contributed by atoms with van der Waals surface area (Å²) in [5.41, 5.74) is 1.14. The minimum atomic E-state index is 0.699. The van der Waals surface area contributed by atoms with Crippen molar-refractivity contribution in [3.05, 3.63) is 35.6 Å². The summed E-state index contributed by atoms with van der Waals surface area (Å²) in [7, 11) is 5.73. The summed E-state index contributed by atoms with van der Waals surface area (Å²) in [6.45, 7) is 5.12. The Kier molecular flexibility index (Phi) is 5.10. The number of nitrogens with zero attached hydrogens (tertiary/aromatic N) is 3. The smallest absolute Gasteiger partial charge is 0.193 e. The van der Waals surface area contributed by atoms with E-state index in [0.29, 0.717) is 6.54 Å². The molecule has 0 aliphatic rings. The summed E-state index contributed by atoms with van der Waals surface area (Å²) in [5.74, 6) is 0.835. The fourth-order valence-corrected chi connectivity index (χ4v) is 1.86. The molecular formula is C12H19ClN4. The molecule has 5 heteroatoms. The second-order valence-corrected chi connectivity index (χ2v) is 4.27. The minimum Gasteiger partial charge on any atom is -0.353 e. The van der Waals surface area contributed by atoms with Gasteiger partial charge in [-0.1, -0.05) is 17.7 Å². The Hall–Kier alpha value is -1.42. The largest absolute Gasteiger partial charge is 0.353 e. The second kappa shape index (κ2) is 6.35.